The normalized spacial score (nSPS) is 14.0. The van der Waals surface area contributed by atoms with Crippen LogP contribution in [-0.4, -0.2) is 9.54 Å². The predicted octanol–water partition coefficient (Wildman–Crippen LogP) is 4.72. The van der Waals surface area contributed by atoms with Gasteiger partial charge in [-0.1, -0.05) is 0 Å². The summed E-state index contributed by atoms with van der Waals surface area (Å²) in [6.07, 6.45) is -2.39. The van der Waals surface area contributed by atoms with Gasteiger partial charge in [-0.15, -0.1) is 8.78 Å². The number of halogens is 6. The van der Waals surface area contributed by atoms with Gasteiger partial charge in [0.1, 0.15) is 0 Å². The topological polar surface area (TPSA) is 36.0 Å². The van der Waals surface area contributed by atoms with E-state index in [9.17, 15) is 26.5 Å². The highest BCUT2D eigenvalue weighted by atomic mass is 79.9. The van der Waals surface area contributed by atoms with Crippen molar-refractivity contribution in [3.63, 3.8) is 0 Å². The number of aromatic nitrogens is 1. The minimum atomic E-state index is -4.61. The van der Waals surface area contributed by atoms with Crippen molar-refractivity contribution in [2.75, 3.05) is 0 Å². The molecule has 0 aliphatic carbocycles. The maximum atomic E-state index is 14.2. The molecule has 118 valence electrons. The highest BCUT2D eigenvalue weighted by molar-refractivity contribution is 9.10. The fraction of sp³-hybridized carbons (Fsp3) is 0.154. The van der Waals surface area contributed by atoms with Gasteiger partial charge in [0.25, 0.3) is 0 Å². The third-order valence-corrected chi connectivity index (χ3v) is 5.08. The van der Waals surface area contributed by atoms with Crippen LogP contribution >= 0.6 is 15.9 Å². The first-order valence-electron chi connectivity index (χ1n) is 5.71. The molecule has 22 heavy (non-hydrogen) atoms. The lowest BCUT2D eigenvalue weighted by atomic mass is 10.2. The Balaban J connectivity index is 2.39. The molecule has 0 saturated carbocycles. The molecular formula is C13H7BrF5NOS. The van der Waals surface area contributed by atoms with Crippen molar-refractivity contribution in [1.82, 2.24) is 4.98 Å². The Bertz CT molecular complexity index is 665. The van der Waals surface area contributed by atoms with Crippen LogP contribution in [-0.2, 0) is 22.6 Å². The molecule has 0 spiro atoms. The first kappa shape index (κ1) is 17.2. The zero-order chi connectivity index (χ0) is 16.5. The molecule has 0 saturated heterocycles. The van der Waals surface area contributed by atoms with Crippen molar-refractivity contribution in [2.24, 2.45) is 0 Å². The minimum absolute atomic E-state index is 0.297. The van der Waals surface area contributed by atoms with Gasteiger partial charge in [0.05, 0.1) is 26.8 Å². The summed E-state index contributed by atoms with van der Waals surface area (Å²) in [4.78, 5) is 3.16. The molecule has 2 nitrogen and oxygen atoms in total. The number of alkyl halides is 5. The van der Waals surface area contributed by atoms with Crippen molar-refractivity contribution in [2.45, 2.75) is 16.3 Å². The van der Waals surface area contributed by atoms with Crippen LogP contribution in [0.5, 0.6) is 0 Å². The summed E-state index contributed by atoms with van der Waals surface area (Å²) >= 11 is -0.100. The first-order chi connectivity index (χ1) is 10.1. The zero-order valence-corrected chi connectivity index (χ0v) is 13.0. The summed E-state index contributed by atoms with van der Waals surface area (Å²) in [5.41, 5.74) is -1.56. The molecular weight excluding hydrogens is 393 g/mol. The number of hydrogen-bond donors (Lipinski definition) is 0. The molecule has 0 bridgehead atoms. The average molecular weight is 400 g/mol. The van der Waals surface area contributed by atoms with E-state index in [4.69, 9.17) is 0 Å². The summed E-state index contributed by atoms with van der Waals surface area (Å²) in [7, 11) is 0. The van der Waals surface area contributed by atoms with Gasteiger partial charge in [-0.05, 0) is 46.3 Å². The predicted molar refractivity (Wildman–Crippen MR) is 73.7 cm³/mol. The van der Waals surface area contributed by atoms with E-state index in [1.807, 2.05) is 0 Å². The quantitative estimate of drug-likeness (QED) is 0.552. The largest absolute Gasteiger partial charge is 0.606 e. The van der Waals surface area contributed by atoms with Crippen LogP contribution in [0.15, 0.2) is 52.1 Å². The van der Waals surface area contributed by atoms with Crippen LogP contribution in [0.3, 0.4) is 0 Å². The number of nitrogens with zero attached hydrogens (tertiary/aromatic N) is 1. The first-order valence-corrected chi connectivity index (χ1v) is 7.65. The van der Waals surface area contributed by atoms with Crippen molar-refractivity contribution in [3.05, 3.63) is 58.3 Å². The lowest BCUT2D eigenvalue weighted by Gasteiger charge is -2.21. The summed E-state index contributed by atoms with van der Waals surface area (Å²) in [5.74, 6) is 0. The van der Waals surface area contributed by atoms with Crippen LogP contribution in [0.25, 0.3) is 0 Å². The van der Waals surface area contributed by atoms with Gasteiger partial charge in [0, 0.05) is 12.4 Å². The molecule has 9 heteroatoms. The van der Waals surface area contributed by atoms with Crippen LogP contribution in [0.1, 0.15) is 11.1 Å². The van der Waals surface area contributed by atoms with Crippen molar-refractivity contribution < 1.29 is 26.5 Å². The van der Waals surface area contributed by atoms with E-state index in [0.717, 1.165) is 30.6 Å². The molecule has 1 unspecified atom stereocenters. The van der Waals surface area contributed by atoms with E-state index in [2.05, 4.69) is 20.9 Å². The van der Waals surface area contributed by atoms with Crippen LogP contribution in [0.4, 0.5) is 22.0 Å². The number of pyridine rings is 1. The van der Waals surface area contributed by atoms with Crippen molar-refractivity contribution in [3.8, 4) is 0 Å². The second-order valence-corrected chi connectivity index (χ2v) is 6.51. The fourth-order valence-corrected chi connectivity index (χ4v) is 3.49. The van der Waals surface area contributed by atoms with E-state index < -0.39 is 38.6 Å². The second kappa shape index (κ2) is 6.13. The molecule has 1 aromatic heterocycles. The van der Waals surface area contributed by atoms with Crippen LogP contribution in [0, 0.1) is 0 Å². The SMILES string of the molecule is [O-][S+](c1ccc(C(F)(F)F)cc1Br)C(F)(F)c1ccncc1. The zero-order valence-electron chi connectivity index (χ0n) is 10.6. The molecule has 0 aliphatic heterocycles. The van der Waals surface area contributed by atoms with E-state index in [1.54, 1.807) is 0 Å². The molecule has 1 atom stereocenters. The fourth-order valence-electron chi connectivity index (χ4n) is 1.62. The molecule has 1 heterocycles. The van der Waals surface area contributed by atoms with Gasteiger partial charge < -0.3 is 4.55 Å². The van der Waals surface area contributed by atoms with E-state index in [0.29, 0.717) is 12.1 Å². The van der Waals surface area contributed by atoms with E-state index >= 15 is 0 Å². The van der Waals surface area contributed by atoms with Gasteiger partial charge in [-0.3, -0.25) is 4.98 Å². The molecule has 2 rings (SSSR count). The summed E-state index contributed by atoms with van der Waals surface area (Å²) in [6, 6.07) is 4.00. The third-order valence-electron chi connectivity index (χ3n) is 2.71. The van der Waals surface area contributed by atoms with Gasteiger partial charge in [-0.25, -0.2) is 0 Å². The van der Waals surface area contributed by atoms with Crippen molar-refractivity contribution >= 4 is 27.1 Å². The number of benzene rings is 1. The maximum Gasteiger partial charge on any atom is 0.439 e. The highest BCUT2D eigenvalue weighted by Crippen LogP contribution is 2.42. The molecule has 1 aromatic carbocycles. The Labute approximate surface area is 133 Å². The Kier molecular flexibility index (Phi) is 4.78. The monoisotopic (exact) mass is 399 g/mol. The Morgan fingerprint density at radius 3 is 2.05 bits per heavy atom. The number of rotatable bonds is 3. The molecule has 0 aliphatic rings. The summed E-state index contributed by atoms with van der Waals surface area (Å²) in [5, 5.41) is -3.76. The third kappa shape index (κ3) is 3.41. The van der Waals surface area contributed by atoms with Crippen LogP contribution < -0.4 is 0 Å². The number of hydrogen-bond acceptors (Lipinski definition) is 2. The second-order valence-electron chi connectivity index (χ2n) is 4.16. The highest BCUT2D eigenvalue weighted by Gasteiger charge is 2.48. The molecule has 0 radical (unpaired) electrons. The molecule has 0 amide bonds. The maximum absolute atomic E-state index is 14.2. The standard InChI is InChI=1S/C13H7BrF5NOS/c14-10-7-9(12(15,16)17)1-2-11(10)22(21)13(18,19)8-3-5-20-6-4-8/h1-7H. The smallest absolute Gasteiger partial charge is 0.439 e. The molecule has 2 aromatic rings. The van der Waals surface area contributed by atoms with Gasteiger partial charge in [0.15, 0.2) is 4.90 Å². The van der Waals surface area contributed by atoms with Gasteiger partial charge >= 0.3 is 11.4 Å². The molecule has 0 fully saturated rings. The van der Waals surface area contributed by atoms with Crippen LogP contribution in [0.2, 0.25) is 0 Å². The lowest BCUT2D eigenvalue weighted by Crippen LogP contribution is -2.27. The minimum Gasteiger partial charge on any atom is -0.606 e. The summed E-state index contributed by atoms with van der Waals surface area (Å²) < 4.78 is 77.8. The van der Waals surface area contributed by atoms with Crippen molar-refractivity contribution in [1.29, 1.82) is 0 Å². The Hall–Kier alpha value is -1.19. The lowest BCUT2D eigenvalue weighted by molar-refractivity contribution is -0.137. The Morgan fingerprint density at radius 2 is 1.55 bits per heavy atom. The summed E-state index contributed by atoms with van der Waals surface area (Å²) in [6.45, 7) is 0. The van der Waals surface area contributed by atoms with Gasteiger partial charge in [0.2, 0.25) is 0 Å². The van der Waals surface area contributed by atoms with E-state index in [1.165, 1.54) is 0 Å². The van der Waals surface area contributed by atoms with E-state index in [-0.39, 0.29) is 4.47 Å². The van der Waals surface area contributed by atoms with Gasteiger partial charge in [-0.2, -0.15) is 13.2 Å². The average Bonchev–Trinajstić information content (AvgIpc) is 2.46. The molecule has 0 N–H and O–H groups in total. The Morgan fingerprint density at radius 1 is 0.955 bits per heavy atom.